The molecule has 0 atom stereocenters. The van der Waals surface area contributed by atoms with Gasteiger partial charge in [0, 0.05) is 37.3 Å². The Labute approximate surface area is 136 Å². The van der Waals surface area contributed by atoms with E-state index in [1.165, 1.54) is 0 Å². The highest BCUT2D eigenvalue weighted by atomic mass is 16.5. The molecule has 2 heterocycles. The van der Waals surface area contributed by atoms with Gasteiger partial charge in [0.05, 0.1) is 26.4 Å². The van der Waals surface area contributed by atoms with Gasteiger partial charge in [-0.25, -0.2) is 0 Å². The Hall–Kier alpha value is -1.92. The third-order valence-corrected chi connectivity index (χ3v) is 4.30. The molecule has 0 saturated carbocycles. The van der Waals surface area contributed by atoms with E-state index in [2.05, 4.69) is 0 Å². The first-order chi connectivity index (χ1) is 11.2. The zero-order chi connectivity index (χ0) is 16.2. The molecule has 23 heavy (non-hydrogen) atoms. The van der Waals surface area contributed by atoms with E-state index in [0.717, 1.165) is 5.56 Å². The number of hydrogen-bond donors (Lipinski definition) is 0. The van der Waals surface area contributed by atoms with E-state index in [1.54, 1.807) is 21.9 Å². The second-order valence-corrected chi connectivity index (χ2v) is 5.84. The van der Waals surface area contributed by atoms with Crippen molar-refractivity contribution in [1.29, 1.82) is 0 Å². The fourth-order valence-corrected chi connectivity index (χ4v) is 2.92. The summed E-state index contributed by atoms with van der Waals surface area (Å²) in [5.74, 6) is 0.0120. The minimum absolute atomic E-state index is 0.00164. The molecule has 6 nitrogen and oxygen atoms in total. The van der Waals surface area contributed by atoms with Crippen molar-refractivity contribution in [2.24, 2.45) is 0 Å². The number of carbonyl (C=O) groups excluding carboxylic acids is 2. The van der Waals surface area contributed by atoms with E-state index in [1.807, 2.05) is 13.0 Å². The average molecular weight is 318 g/mol. The number of amides is 2. The van der Waals surface area contributed by atoms with Crippen LogP contribution in [0.4, 0.5) is 0 Å². The maximum absolute atomic E-state index is 12.6. The van der Waals surface area contributed by atoms with Crippen LogP contribution < -0.4 is 0 Å². The first-order valence-corrected chi connectivity index (χ1v) is 8.01. The van der Waals surface area contributed by atoms with E-state index in [4.69, 9.17) is 9.47 Å². The van der Waals surface area contributed by atoms with E-state index in [0.29, 0.717) is 63.7 Å². The minimum Gasteiger partial charge on any atom is -0.378 e. The normalized spacial score (nSPS) is 18.8. The van der Waals surface area contributed by atoms with Gasteiger partial charge in [-0.15, -0.1) is 0 Å². The number of hydrogen-bond acceptors (Lipinski definition) is 4. The number of ether oxygens (including phenoxy) is 2. The predicted molar refractivity (Wildman–Crippen MR) is 84.6 cm³/mol. The smallest absolute Gasteiger partial charge is 0.254 e. The van der Waals surface area contributed by atoms with Gasteiger partial charge < -0.3 is 19.3 Å². The molecule has 2 fully saturated rings. The van der Waals surface area contributed by atoms with Crippen molar-refractivity contribution < 1.29 is 19.1 Å². The van der Waals surface area contributed by atoms with Crippen LogP contribution in [0.2, 0.25) is 0 Å². The summed E-state index contributed by atoms with van der Waals surface area (Å²) in [7, 11) is 0. The maximum atomic E-state index is 12.6. The lowest BCUT2D eigenvalue weighted by molar-refractivity contribution is 0.0298. The van der Waals surface area contributed by atoms with E-state index < -0.39 is 0 Å². The highest BCUT2D eigenvalue weighted by molar-refractivity contribution is 5.99. The van der Waals surface area contributed by atoms with Crippen LogP contribution in [0.15, 0.2) is 18.2 Å². The predicted octanol–water partition coefficient (Wildman–Crippen LogP) is 0.940. The SMILES string of the molecule is Cc1cc(C(=O)N2CCOCC2)ccc1C(=O)N1CCOCC1. The molecule has 2 saturated heterocycles. The Morgan fingerprint density at radius 3 is 1.91 bits per heavy atom. The van der Waals surface area contributed by atoms with Crippen LogP contribution in [0.3, 0.4) is 0 Å². The van der Waals surface area contributed by atoms with E-state index >= 15 is 0 Å². The van der Waals surface area contributed by atoms with Crippen LogP contribution in [-0.2, 0) is 9.47 Å². The summed E-state index contributed by atoms with van der Waals surface area (Å²) in [6.45, 7) is 6.68. The molecule has 3 rings (SSSR count). The number of carbonyl (C=O) groups is 2. The molecule has 2 amide bonds. The van der Waals surface area contributed by atoms with Crippen molar-refractivity contribution in [2.75, 3.05) is 52.6 Å². The quantitative estimate of drug-likeness (QED) is 0.814. The third-order valence-electron chi connectivity index (χ3n) is 4.30. The standard InChI is InChI=1S/C17H22N2O4/c1-13-12-14(16(20)18-4-8-22-9-5-18)2-3-15(13)17(21)19-6-10-23-11-7-19/h2-3,12H,4-11H2,1H3. The van der Waals surface area contributed by atoms with Crippen molar-refractivity contribution in [3.05, 3.63) is 34.9 Å². The summed E-state index contributed by atoms with van der Waals surface area (Å²) in [4.78, 5) is 28.6. The molecule has 1 aromatic carbocycles. The molecule has 0 radical (unpaired) electrons. The van der Waals surface area contributed by atoms with Crippen molar-refractivity contribution >= 4 is 11.8 Å². The number of aryl methyl sites for hydroxylation is 1. The largest absolute Gasteiger partial charge is 0.378 e. The van der Waals surface area contributed by atoms with E-state index in [9.17, 15) is 9.59 Å². The molecule has 2 aliphatic rings. The van der Waals surface area contributed by atoms with Gasteiger partial charge >= 0.3 is 0 Å². The molecule has 0 bridgehead atoms. The molecule has 0 spiro atoms. The van der Waals surface area contributed by atoms with Crippen molar-refractivity contribution in [3.8, 4) is 0 Å². The molecule has 0 aromatic heterocycles. The van der Waals surface area contributed by atoms with Crippen LogP contribution in [0, 0.1) is 6.92 Å². The average Bonchev–Trinajstić information content (AvgIpc) is 2.62. The summed E-state index contributed by atoms with van der Waals surface area (Å²) in [6.07, 6.45) is 0. The summed E-state index contributed by atoms with van der Waals surface area (Å²) in [6, 6.07) is 5.32. The van der Waals surface area contributed by atoms with Crippen molar-refractivity contribution in [3.63, 3.8) is 0 Å². The zero-order valence-corrected chi connectivity index (χ0v) is 13.4. The van der Waals surface area contributed by atoms with Gasteiger partial charge in [0.15, 0.2) is 0 Å². The molecule has 2 aliphatic heterocycles. The molecule has 0 unspecified atom stereocenters. The van der Waals surface area contributed by atoms with Crippen LogP contribution in [-0.4, -0.2) is 74.2 Å². The lowest BCUT2D eigenvalue weighted by Crippen LogP contribution is -2.41. The van der Waals surface area contributed by atoms with Gasteiger partial charge in [-0.2, -0.15) is 0 Å². The van der Waals surface area contributed by atoms with Crippen LogP contribution in [0.25, 0.3) is 0 Å². The highest BCUT2D eigenvalue weighted by Gasteiger charge is 2.22. The fourth-order valence-electron chi connectivity index (χ4n) is 2.92. The van der Waals surface area contributed by atoms with Gasteiger partial charge in [-0.05, 0) is 30.7 Å². The van der Waals surface area contributed by atoms with Crippen LogP contribution in [0.5, 0.6) is 0 Å². The monoisotopic (exact) mass is 318 g/mol. The molecule has 1 aromatic rings. The Morgan fingerprint density at radius 1 is 0.870 bits per heavy atom. The maximum Gasteiger partial charge on any atom is 0.254 e. The second-order valence-electron chi connectivity index (χ2n) is 5.84. The topological polar surface area (TPSA) is 59.1 Å². The molecule has 124 valence electrons. The first kappa shape index (κ1) is 16.0. The number of benzene rings is 1. The summed E-state index contributed by atoms with van der Waals surface area (Å²) in [5, 5.41) is 0. The first-order valence-electron chi connectivity index (χ1n) is 8.01. The second kappa shape index (κ2) is 7.10. The molecular weight excluding hydrogens is 296 g/mol. The fraction of sp³-hybridized carbons (Fsp3) is 0.529. The van der Waals surface area contributed by atoms with Crippen LogP contribution >= 0.6 is 0 Å². The third kappa shape index (κ3) is 3.54. The minimum atomic E-state index is 0.00164. The Kier molecular flexibility index (Phi) is 4.93. The zero-order valence-electron chi connectivity index (χ0n) is 13.4. The number of nitrogens with zero attached hydrogens (tertiary/aromatic N) is 2. The summed E-state index contributed by atoms with van der Waals surface area (Å²) < 4.78 is 10.6. The Balaban J connectivity index is 1.74. The summed E-state index contributed by atoms with van der Waals surface area (Å²) >= 11 is 0. The molecule has 0 aliphatic carbocycles. The van der Waals surface area contributed by atoms with Gasteiger partial charge in [0.25, 0.3) is 11.8 Å². The van der Waals surface area contributed by atoms with Crippen molar-refractivity contribution in [1.82, 2.24) is 9.80 Å². The molecule has 6 heteroatoms. The lowest BCUT2D eigenvalue weighted by atomic mass is 10.0. The molecular formula is C17H22N2O4. The van der Waals surface area contributed by atoms with Gasteiger partial charge in [-0.3, -0.25) is 9.59 Å². The summed E-state index contributed by atoms with van der Waals surface area (Å²) in [5.41, 5.74) is 2.12. The van der Waals surface area contributed by atoms with E-state index in [-0.39, 0.29) is 11.8 Å². The Morgan fingerprint density at radius 2 is 1.39 bits per heavy atom. The van der Waals surface area contributed by atoms with Gasteiger partial charge in [0.2, 0.25) is 0 Å². The van der Waals surface area contributed by atoms with Gasteiger partial charge in [-0.1, -0.05) is 0 Å². The van der Waals surface area contributed by atoms with Gasteiger partial charge in [0.1, 0.15) is 0 Å². The Bertz CT molecular complexity index is 590. The number of morpholine rings is 2. The lowest BCUT2D eigenvalue weighted by Gasteiger charge is -2.28. The van der Waals surface area contributed by atoms with Crippen molar-refractivity contribution in [2.45, 2.75) is 6.92 Å². The highest BCUT2D eigenvalue weighted by Crippen LogP contribution is 2.16. The number of rotatable bonds is 2. The van der Waals surface area contributed by atoms with Crippen LogP contribution in [0.1, 0.15) is 26.3 Å². The molecule has 0 N–H and O–H groups in total.